The van der Waals surface area contributed by atoms with E-state index in [-0.39, 0.29) is 5.82 Å². The molecule has 0 amide bonds. The van der Waals surface area contributed by atoms with Gasteiger partial charge in [-0.05, 0) is 84.9 Å². The van der Waals surface area contributed by atoms with Crippen LogP contribution in [0.2, 0.25) is 0 Å². The molecule has 2 aromatic heterocycles. The van der Waals surface area contributed by atoms with Gasteiger partial charge in [0.15, 0.2) is 0 Å². The van der Waals surface area contributed by atoms with Gasteiger partial charge in [-0.25, -0.2) is 4.39 Å². The lowest BCUT2D eigenvalue weighted by Crippen LogP contribution is -2.10. The smallest absolute Gasteiger partial charge is 0.123 e. The Morgan fingerprint density at radius 3 is 1.74 bits per heavy atom. The van der Waals surface area contributed by atoms with Gasteiger partial charge in [-0.3, -0.25) is 0 Å². The number of hydrogen-bond acceptors (Lipinski definition) is 1. The van der Waals surface area contributed by atoms with Crippen molar-refractivity contribution in [3.8, 4) is 11.4 Å². The maximum absolute atomic E-state index is 14.6. The summed E-state index contributed by atoms with van der Waals surface area (Å²) in [6, 6.07) is 58.2. The highest BCUT2D eigenvalue weighted by atomic mass is 19.1. The lowest BCUT2D eigenvalue weighted by molar-refractivity contribution is 0.629. The molecule has 0 unspecified atom stereocenters. The van der Waals surface area contributed by atoms with Gasteiger partial charge in [-0.1, -0.05) is 84.9 Å². The predicted molar refractivity (Wildman–Crippen MR) is 190 cm³/mol. The monoisotopic (exact) mass is 593 g/mol. The van der Waals surface area contributed by atoms with E-state index in [9.17, 15) is 4.39 Å². The van der Waals surface area contributed by atoms with Crippen LogP contribution in [0.5, 0.6) is 0 Å². The number of rotatable bonds is 5. The fourth-order valence-corrected chi connectivity index (χ4v) is 7.02. The van der Waals surface area contributed by atoms with Gasteiger partial charge < -0.3 is 14.0 Å². The van der Waals surface area contributed by atoms with Crippen molar-refractivity contribution in [1.82, 2.24) is 9.13 Å². The Kier molecular flexibility index (Phi) is 6.00. The fourth-order valence-electron chi connectivity index (χ4n) is 7.02. The maximum Gasteiger partial charge on any atom is 0.123 e. The average Bonchev–Trinajstić information content (AvgIpc) is 3.62. The van der Waals surface area contributed by atoms with Crippen molar-refractivity contribution in [2.24, 2.45) is 0 Å². The van der Waals surface area contributed by atoms with Gasteiger partial charge in [-0.2, -0.15) is 0 Å². The molecule has 0 bridgehead atoms. The predicted octanol–water partition coefficient (Wildman–Crippen LogP) is 11.5. The molecule has 0 spiro atoms. The summed E-state index contributed by atoms with van der Waals surface area (Å²) < 4.78 is 19.2. The summed E-state index contributed by atoms with van der Waals surface area (Å²) in [4.78, 5) is 2.34. The van der Waals surface area contributed by atoms with Gasteiger partial charge in [0.05, 0.1) is 27.8 Å². The number of hydrogen-bond donors (Lipinski definition) is 0. The van der Waals surface area contributed by atoms with Crippen LogP contribution < -0.4 is 4.90 Å². The summed E-state index contributed by atoms with van der Waals surface area (Å²) in [5.41, 5.74) is 9.60. The summed E-state index contributed by atoms with van der Waals surface area (Å²) in [7, 11) is 0. The second-order valence-electron chi connectivity index (χ2n) is 11.6. The highest BCUT2D eigenvalue weighted by Gasteiger charge is 2.22. The molecule has 0 fully saturated rings. The molecule has 0 aliphatic carbocycles. The van der Waals surface area contributed by atoms with Crippen LogP contribution in [0.25, 0.3) is 55.0 Å². The molecular weight excluding hydrogens is 565 g/mol. The first kappa shape index (κ1) is 26.3. The molecule has 0 saturated carbocycles. The first-order valence-electron chi connectivity index (χ1n) is 15.5. The Hall–Kier alpha value is -6.13. The van der Waals surface area contributed by atoms with E-state index in [0.717, 1.165) is 61.3 Å². The van der Waals surface area contributed by atoms with E-state index in [1.54, 1.807) is 12.1 Å². The van der Waals surface area contributed by atoms with E-state index in [4.69, 9.17) is 0 Å². The Morgan fingerprint density at radius 2 is 1.00 bits per heavy atom. The highest BCUT2D eigenvalue weighted by Crippen LogP contribution is 2.45. The topological polar surface area (TPSA) is 13.1 Å². The molecular formula is C42H28FN3. The molecule has 3 nitrogen and oxygen atoms in total. The second-order valence-corrected chi connectivity index (χ2v) is 11.6. The van der Waals surface area contributed by atoms with Crippen molar-refractivity contribution in [2.75, 3.05) is 4.90 Å². The highest BCUT2D eigenvalue weighted by molar-refractivity contribution is 6.17. The van der Waals surface area contributed by atoms with Crippen LogP contribution in [0.1, 0.15) is 0 Å². The van der Waals surface area contributed by atoms with Crippen molar-refractivity contribution >= 4 is 60.7 Å². The summed E-state index contributed by atoms with van der Waals surface area (Å²) in [6.45, 7) is 0. The lowest BCUT2D eigenvalue weighted by atomic mass is 10.1. The molecule has 0 aliphatic heterocycles. The number of fused-ring (bicyclic) bond motifs is 6. The summed E-state index contributed by atoms with van der Waals surface area (Å²) in [5.74, 6) is -0.240. The lowest BCUT2D eigenvalue weighted by Gasteiger charge is -2.27. The van der Waals surface area contributed by atoms with Gasteiger partial charge in [-0.15, -0.1) is 0 Å². The molecule has 0 saturated heterocycles. The minimum absolute atomic E-state index is 0.240. The quantitative estimate of drug-likeness (QED) is 0.193. The van der Waals surface area contributed by atoms with Crippen molar-refractivity contribution in [3.63, 3.8) is 0 Å². The normalized spacial score (nSPS) is 11.6. The Balaban J connectivity index is 1.36. The SMILES string of the molecule is Fc1ccc2c(c1)c1ccc(N(c3ccccc3)c3cccc4c3c3ccccc3n4-c3ccccc3)cc1n2-c1ccccc1. The molecule has 4 heteroatoms. The molecule has 2 heterocycles. The van der Waals surface area contributed by atoms with Crippen LogP contribution in [0.3, 0.4) is 0 Å². The molecule has 7 aromatic carbocycles. The minimum atomic E-state index is -0.240. The van der Waals surface area contributed by atoms with Gasteiger partial charge >= 0.3 is 0 Å². The van der Waals surface area contributed by atoms with E-state index in [1.165, 1.54) is 10.8 Å². The summed E-state index contributed by atoms with van der Waals surface area (Å²) in [5, 5.41) is 4.27. The Bertz CT molecular complexity index is 2530. The first-order chi connectivity index (χ1) is 22.8. The minimum Gasteiger partial charge on any atom is -0.310 e. The Morgan fingerprint density at radius 1 is 0.391 bits per heavy atom. The van der Waals surface area contributed by atoms with Gasteiger partial charge in [0, 0.05) is 44.3 Å². The molecule has 9 aromatic rings. The zero-order chi connectivity index (χ0) is 30.6. The van der Waals surface area contributed by atoms with Crippen LogP contribution in [0, 0.1) is 5.82 Å². The van der Waals surface area contributed by atoms with Crippen molar-refractivity contribution in [2.45, 2.75) is 0 Å². The zero-order valence-corrected chi connectivity index (χ0v) is 24.9. The zero-order valence-electron chi connectivity index (χ0n) is 24.9. The number of aromatic nitrogens is 2. The van der Waals surface area contributed by atoms with Gasteiger partial charge in [0.1, 0.15) is 5.82 Å². The van der Waals surface area contributed by atoms with Crippen molar-refractivity contribution in [1.29, 1.82) is 0 Å². The van der Waals surface area contributed by atoms with E-state index in [1.807, 2.05) is 24.3 Å². The Labute approximate surface area is 265 Å². The van der Waals surface area contributed by atoms with Crippen LogP contribution in [0.4, 0.5) is 21.5 Å². The molecule has 218 valence electrons. The van der Waals surface area contributed by atoms with Crippen molar-refractivity contribution < 1.29 is 4.39 Å². The van der Waals surface area contributed by atoms with Gasteiger partial charge in [0.25, 0.3) is 0 Å². The number of benzene rings is 7. The molecule has 46 heavy (non-hydrogen) atoms. The van der Waals surface area contributed by atoms with E-state index in [0.29, 0.717) is 0 Å². The van der Waals surface area contributed by atoms with E-state index >= 15 is 0 Å². The molecule has 9 rings (SSSR count). The number of anilines is 3. The molecule has 0 atom stereocenters. The van der Waals surface area contributed by atoms with Gasteiger partial charge in [0.2, 0.25) is 0 Å². The third-order valence-electron chi connectivity index (χ3n) is 8.93. The maximum atomic E-state index is 14.6. The van der Waals surface area contributed by atoms with Crippen LogP contribution >= 0.6 is 0 Å². The molecule has 0 N–H and O–H groups in total. The molecule has 0 radical (unpaired) electrons. The van der Waals surface area contributed by atoms with E-state index in [2.05, 4.69) is 147 Å². The third-order valence-corrected chi connectivity index (χ3v) is 8.93. The van der Waals surface area contributed by atoms with Crippen LogP contribution in [-0.2, 0) is 0 Å². The van der Waals surface area contributed by atoms with Crippen LogP contribution in [-0.4, -0.2) is 9.13 Å². The van der Waals surface area contributed by atoms with Crippen molar-refractivity contribution in [3.05, 3.63) is 176 Å². The third kappa shape index (κ3) is 4.04. The number of nitrogens with zero attached hydrogens (tertiary/aromatic N) is 3. The molecule has 0 aliphatic rings. The number of para-hydroxylation sites is 4. The first-order valence-corrected chi connectivity index (χ1v) is 15.5. The summed E-state index contributed by atoms with van der Waals surface area (Å²) in [6.07, 6.45) is 0. The largest absolute Gasteiger partial charge is 0.310 e. The van der Waals surface area contributed by atoms with Crippen LogP contribution in [0.15, 0.2) is 170 Å². The summed E-state index contributed by atoms with van der Waals surface area (Å²) >= 11 is 0. The second kappa shape index (κ2) is 10.5. The average molecular weight is 594 g/mol. The van der Waals surface area contributed by atoms with E-state index < -0.39 is 0 Å². The number of halogens is 1. The fraction of sp³-hybridized carbons (Fsp3) is 0. The standard InChI is InChI=1S/C42H28FN3/c43-29-23-26-38-36(27-29)34-25-24-33(28-41(34)46(38)32-17-8-3-9-18-32)44(30-13-4-1-5-14-30)39-21-12-22-40-42(39)35-19-10-11-20-37(35)45(40)31-15-6-2-7-16-31/h1-28H.